The second-order valence-corrected chi connectivity index (χ2v) is 5.15. The molecule has 0 atom stereocenters. The highest BCUT2D eigenvalue weighted by Gasteiger charge is 2.11. The molecule has 2 N–H and O–H groups in total. The molecule has 0 radical (unpaired) electrons. The second kappa shape index (κ2) is 5.24. The van der Waals surface area contributed by atoms with Crippen molar-refractivity contribution in [2.75, 3.05) is 12.3 Å². The molecule has 1 aromatic carbocycles. The highest BCUT2D eigenvalue weighted by molar-refractivity contribution is 9.10. The van der Waals surface area contributed by atoms with E-state index in [0.717, 1.165) is 5.52 Å². The van der Waals surface area contributed by atoms with Crippen LogP contribution in [0.1, 0.15) is 13.8 Å². The van der Waals surface area contributed by atoms with Crippen LogP contribution in [0.15, 0.2) is 16.6 Å². The van der Waals surface area contributed by atoms with Gasteiger partial charge in [0.15, 0.2) is 0 Å². The van der Waals surface area contributed by atoms with Gasteiger partial charge in [-0.15, -0.1) is 0 Å². The molecule has 0 bridgehead atoms. The number of ether oxygens (including phenoxy) is 1. The lowest BCUT2D eigenvalue weighted by molar-refractivity contribution is 0.0735. The van der Waals surface area contributed by atoms with Crippen molar-refractivity contribution in [3.8, 4) is 0 Å². The van der Waals surface area contributed by atoms with Crippen molar-refractivity contribution in [3.63, 3.8) is 0 Å². The third-order valence-electron chi connectivity index (χ3n) is 2.59. The molecule has 98 valence electrons. The van der Waals surface area contributed by atoms with Gasteiger partial charge < -0.3 is 15.0 Å². The van der Waals surface area contributed by atoms with E-state index in [1.807, 2.05) is 18.4 Å². The number of hydrogen-bond donors (Lipinski definition) is 1. The molecule has 0 saturated carbocycles. The minimum atomic E-state index is -0.342. The number of hydrogen-bond acceptors (Lipinski definition) is 3. The van der Waals surface area contributed by atoms with E-state index in [2.05, 4.69) is 20.9 Å². The highest BCUT2D eigenvalue weighted by Crippen LogP contribution is 2.25. The molecule has 2 rings (SSSR count). The van der Waals surface area contributed by atoms with Gasteiger partial charge in [0.25, 0.3) is 0 Å². The molecule has 0 aliphatic carbocycles. The maximum absolute atomic E-state index is 13.4. The van der Waals surface area contributed by atoms with Crippen LogP contribution >= 0.6 is 15.9 Å². The van der Waals surface area contributed by atoms with Gasteiger partial charge in [-0.3, -0.25) is 0 Å². The SMILES string of the molecule is CC(C)OCCn1c(N)nc2cc(F)c(Br)cc21. The molecule has 1 heterocycles. The van der Waals surface area contributed by atoms with Crippen LogP contribution in [0.25, 0.3) is 11.0 Å². The van der Waals surface area contributed by atoms with Crippen LogP contribution in [0.2, 0.25) is 0 Å². The topological polar surface area (TPSA) is 53.1 Å². The molecule has 0 aliphatic rings. The van der Waals surface area contributed by atoms with E-state index >= 15 is 0 Å². The van der Waals surface area contributed by atoms with E-state index in [-0.39, 0.29) is 11.9 Å². The number of nitrogens with zero attached hydrogens (tertiary/aromatic N) is 2. The Morgan fingerprint density at radius 3 is 2.89 bits per heavy atom. The van der Waals surface area contributed by atoms with Gasteiger partial charge in [0.05, 0.1) is 28.2 Å². The van der Waals surface area contributed by atoms with Crippen molar-refractivity contribution < 1.29 is 9.13 Å². The fraction of sp³-hybridized carbons (Fsp3) is 0.417. The number of aromatic nitrogens is 2. The number of benzene rings is 1. The van der Waals surface area contributed by atoms with E-state index in [4.69, 9.17) is 10.5 Å². The quantitative estimate of drug-likeness (QED) is 0.943. The number of fused-ring (bicyclic) bond motifs is 1. The maximum Gasteiger partial charge on any atom is 0.201 e. The Morgan fingerprint density at radius 1 is 1.50 bits per heavy atom. The molecule has 6 heteroatoms. The number of halogens is 2. The van der Waals surface area contributed by atoms with E-state index in [1.165, 1.54) is 6.07 Å². The molecule has 0 spiro atoms. The lowest BCUT2D eigenvalue weighted by atomic mass is 10.3. The normalized spacial score (nSPS) is 11.6. The van der Waals surface area contributed by atoms with E-state index in [9.17, 15) is 4.39 Å². The highest BCUT2D eigenvalue weighted by atomic mass is 79.9. The van der Waals surface area contributed by atoms with Crippen molar-refractivity contribution >= 4 is 32.9 Å². The van der Waals surface area contributed by atoms with Crippen LogP contribution in [0.3, 0.4) is 0 Å². The Labute approximate surface area is 113 Å². The Kier molecular flexibility index (Phi) is 3.87. The molecular weight excluding hydrogens is 301 g/mol. The fourth-order valence-corrected chi connectivity index (χ4v) is 2.08. The van der Waals surface area contributed by atoms with Crippen LogP contribution in [-0.2, 0) is 11.3 Å². The van der Waals surface area contributed by atoms with Crippen LogP contribution in [0.4, 0.5) is 10.3 Å². The zero-order chi connectivity index (χ0) is 13.3. The predicted molar refractivity (Wildman–Crippen MR) is 72.9 cm³/mol. The third-order valence-corrected chi connectivity index (χ3v) is 3.19. The minimum Gasteiger partial charge on any atom is -0.377 e. The van der Waals surface area contributed by atoms with Gasteiger partial charge in [0.1, 0.15) is 5.82 Å². The fourth-order valence-electron chi connectivity index (χ4n) is 1.75. The summed E-state index contributed by atoms with van der Waals surface area (Å²) in [5.41, 5.74) is 7.18. The predicted octanol–water partition coefficient (Wildman–Crippen LogP) is 2.95. The number of imidazole rings is 1. The largest absolute Gasteiger partial charge is 0.377 e. The summed E-state index contributed by atoms with van der Waals surface area (Å²) in [7, 11) is 0. The van der Waals surface area contributed by atoms with Crippen molar-refractivity contribution in [1.29, 1.82) is 0 Å². The van der Waals surface area contributed by atoms with Gasteiger partial charge >= 0.3 is 0 Å². The lowest BCUT2D eigenvalue weighted by Gasteiger charge is -2.10. The van der Waals surface area contributed by atoms with Gasteiger partial charge in [-0.25, -0.2) is 9.37 Å². The Morgan fingerprint density at radius 2 is 2.22 bits per heavy atom. The number of nitrogens with two attached hydrogens (primary N) is 1. The average molecular weight is 316 g/mol. The third kappa shape index (κ3) is 2.64. The monoisotopic (exact) mass is 315 g/mol. The first-order valence-electron chi connectivity index (χ1n) is 5.71. The zero-order valence-electron chi connectivity index (χ0n) is 10.3. The summed E-state index contributed by atoms with van der Waals surface area (Å²) in [6, 6.07) is 3.05. The summed E-state index contributed by atoms with van der Waals surface area (Å²) in [4.78, 5) is 4.14. The van der Waals surface area contributed by atoms with Crippen LogP contribution in [0.5, 0.6) is 0 Å². The molecule has 0 amide bonds. The maximum atomic E-state index is 13.4. The molecule has 0 saturated heterocycles. The number of anilines is 1. The second-order valence-electron chi connectivity index (χ2n) is 4.30. The van der Waals surface area contributed by atoms with Gasteiger partial charge in [-0.1, -0.05) is 0 Å². The van der Waals surface area contributed by atoms with E-state index in [0.29, 0.717) is 29.1 Å². The molecule has 0 unspecified atom stereocenters. The average Bonchev–Trinajstić information content (AvgIpc) is 2.56. The Bertz CT molecular complexity index is 568. The van der Waals surface area contributed by atoms with E-state index < -0.39 is 0 Å². The first kappa shape index (κ1) is 13.3. The summed E-state index contributed by atoms with van der Waals surface area (Å²) in [6.07, 6.45) is 0.171. The van der Waals surface area contributed by atoms with Gasteiger partial charge in [0, 0.05) is 12.6 Å². The summed E-state index contributed by atoms with van der Waals surface area (Å²) in [5, 5.41) is 0. The number of nitrogen functional groups attached to an aromatic ring is 1. The zero-order valence-corrected chi connectivity index (χ0v) is 11.9. The minimum absolute atomic E-state index is 0.171. The number of rotatable bonds is 4. The molecule has 0 fully saturated rings. The molecule has 2 aromatic rings. The molecule has 1 aromatic heterocycles. The van der Waals surface area contributed by atoms with Gasteiger partial charge in [-0.2, -0.15) is 0 Å². The van der Waals surface area contributed by atoms with Crippen molar-refractivity contribution in [2.24, 2.45) is 0 Å². The summed E-state index contributed by atoms with van der Waals surface area (Å²) in [6.45, 7) is 5.09. The molecule has 18 heavy (non-hydrogen) atoms. The van der Waals surface area contributed by atoms with E-state index in [1.54, 1.807) is 6.07 Å². The first-order chi connectivity index (χ1) is 8.49. The summed E-state index contributed by atoms with van der Waals surface area (Å²) >= 11 is 3.16. The summed E-state index contributed by atoms with van der Waals surface area (Å²) < 4.78 is 21.1. The van der Waals surface area contributed by atoms with Crippen molar-refractivity contribution in [2.45, 2.75) is 26.5 Å². The van der Waals surface area contributed by atoms with Crippen LogP contribution in [0, 0.1) is 5.82 Å². The first-order valence-corrected chi connectivity index (χ1v) is 6.50. The standard InChI is InChI=1S/C12H15BrFN3O/c1-7(2)18-4-3-17-11-5-8(13)9(14)6-10(11)16-12(17)15/h5-7H,3-4H2,1-2H3,(H2,15,16). The van der Waals surface area contributed by atoms with Crippen LogP contribution < -0.4 is 5.73 Å². The summed E-state index contributed by atoms with van der Waals surface area (Å²) in [5.74, 6) is 0.0282. The lowest BCUT2D eigenvalue weighted by Crippen LogP contribution is -2.12. The van der Waals surface area contributed by atoms with Gasteiger partial charge in [-0.05, 0) is 35.8 Å². The van der Waals surface area contributed by atoms with Crippen molar-refractivity contribution in [3.05, 3.63) is 22.4 Å². The Hall–Kier alpha value is -1.14. The molecular formula is C12H15BrFN3O. The van der Waals surface area contributed by atoms with Gasteiger partial charge in [0.2, 0.25) is 5.95 Å². The van der Waals surface area contributed by atoms with Crippen LogP contribution in [-0.4, -0.2) is 22.3 Å². The van der Waals surface area contributed by atoms with Crippen molar-refractivity contribution in [1.82, 2.24) is 9.55 Å². The smallest absolute Gasteiger partial charge is 0.201 e. The molecule has 0 aliphatic heterocycles. The molecule has 4 nitrogen and oxygen atoms in total. The Balaban J connectivity index is 2.31.